The fourth-order valence-electron chi connectivity index (χ4n) is 3.29. The summed E-state index contributed by atoms with van der Waals surface area (Å²) in [5, 5.41) is 9.72. The van der Waals surface area contributed by atoms with Gasteiger partial charge in [0.2, 0.25) is 0 Å². The van der Waals surface area contributed by atoms with Crippen LogP contribution in [0.25, 0.3) is 0 Å². The van der Waals surface area contributed by atoms with E-state index in [0.29, 0.717) is 0 Å². The number of carboxylic acid groups (broad SMARTS) is 1. The SMILES string of the molecule is CC(C)CC(C(=O)O)C(CN1C(=O)c2ccccc2C1=O)C(=O)OC(C)(C)C. The molecule has 2 rings (SSSR count). The Hall–Kier alpha value is -2.70. The molecule has 1 aliphatic rings. The predicted molar refractivity (Wildman–Crippen MR) is 102 cm³/mol. The summed E-state index contributed by atoms with van der Waals surface area (Å²) in [6.07, 6.45) is 0.225. The number of hydrogen-bond donors (Lipinski definition) is 1. The zero-order valence-corrected chi connectivity index (χ0v) is 16.9. The molecule has 0 bridgehead atoms. The van der Waals surface area contributed by atoms with Crippen molar-refractivity contribution in [3.8, 4) is 0 Å². The highest BCUT2D eigenvalue weighted by molar-refractivity contribution is 6.21. The van der Waals surface area contributed by atoms with Gasteiger partial charge in [0.1, 0.15) is 5.60 Å². The summed E-state index contributed by atoms with van der Waals surface area (Å²) < 4.78 is 5.42. The molecular formula is C21H27NO6. The molecule has 7 nitrogen and oxygen atoms in total. The molecule has 2 amide bonds. The molecule has 1 aliphatic heterocycles. The molecule has 0 aliphatic carbocycles. The molecule has 152 valence electrons. The van der Waals surface area contributed by atoms with Gasteiger partial charge in [-0.1, -0.05) is 26.0 Å². The number of aliphatic carboxylic acids is 1. The van der Waals surface area contributed by atoms with Gasteiger partial charge in [-0.05, 0) is 45.2 Å². The summed E-state index contributed by atoms with van der Waals surface area (Å²) in [6.45, 7) is 8.42. The van der Waals surface area contributed by atoms with E-state index in [1.807, 2.05) is 13.8 Å². The Morgan fingerprint density at radius 2 is 1.54 bits per heavy atom. The molecular weight excluding hydrogens is 362 g/mol. The van der Waals surface area contributed by atoms with Crippen molar-refractivity contribution >= 4 is 23.8 Å². The molecule has 0 spiro atoms. The minimum absolute atomic E-state index is 0.00761. The third-order valence-corrected chi connectivity index (χ3v) is 4.50. The lowest BCUT2D eigenvalue weighted by molar-refractivity contribution is -0.167. The summed E-state index contributed by atoms with van der Waals surface area (Å²) in [4.78, 5) is 51.0. The number of carbonyl (C=O) groups is 4. The molecule has 0 saturated carbocycles. The van der Waals surface area contributed by atoms with E-state index in [2.05, 4.69) is 0 Å². The molecule has 0 radical (unpaired) electrons. The Kier molecular flexibility index (Phi) is 6.27. The molecule has 1 aromatic carbocycles. The standard InChI is InChI=1S/C21H27NO6/c1-12(2)10-15(19(25)26)16(20(27)28-21(3,4)5)11-22-17(23)13-8-6-7-9-14(13)18(22)24/h6-9,12,15-16H,10-11H2,1-5H3,(H,25,26). The molecule has 0 saturated heterocycles. The summed E-state index contributed by atoms with van der Waals surface area (Å²) in [5.74, 6) is -5.14. The van der Waals surface area contributed by atoms with Gasteiger partial charge in [-0.25, -0.2) is 0 Å². The first kappa shape index (κ1) is 21.6. The minimum atomic E-state index is -1.15. The van der Waals surface area contributed by atoms with Crippen molar-refractivity contribution in [2.75, 3.05) is 6.54 Å². The lowest BCUT2D eigenvalue weighted by Crippen LogP contribution is -2.44. The van der Waals surface area contributed by atoms with Crippen molar-refractivity contribution in [2.45, 2.75) is 46.6 Å². The fourth-order valence-corrected chi connectivity index (χ4v) is 3.29. The van der Waals surface area contributed by atoms with E-state index in [4.69, 9.17) is 4.74 Å². The number of imide groups is 1. The van der Waals surface area contributed by atoms with Crippen LogP contribution in [0.2, 0.25) is 0 Å². The Bertz CT molecular complexity index is 757. The number of benzene rings is 1. The van der Waals surface area contributed by atoms with Crippen LogP contribution >= 0.6 is 0 Å². The van der Waals surface area contributed by atoms with Crippen LogP contribution in [0.5, 0.6) is 0 Å². The monoisotopic (exact) mass is 389 g/mol. The highest BCUT2D eigenvalue weighted by Gasteiger charge is 2.43. The van der Waals surface area contributed by atoms with Gasteiger partial charge in [0, 0.05) is 6.54 Å². The van der Waals surface area contributed by atoms with Crippen LogP contribution in [-0.2, 0) is 14.3 Å². The van der Waals surface area contributed by atoms with Crippen molar-refractivity contribution in [2.24, 2.45) is 17.8 Å². The lowest BCUT2D eigenvalue weighted by Gasteiger charge is -2.30. The summed E-state index contributed by atoms with van der Waals surface area (Å²) >= 11 is 0. The van der Waals surface area contributed by atoms with E-state index in [1.165, 1.54) is 0 Å². The number of rotatable bonds is 7. The zero-order valence-electron chi connectivity index (χ0n) is 16.9. The second-order valence-electron chi connectivity index (χ2n) is 8.48. The number of carboxylic acids is 1. The lowest BCUT2D eigenvalue weighted by atomic mass is 9.84. The summed E-state index contributed by atoms with van der Waals surface area (Å²) in [5.41, 5.74) is -0.310. The van der Waals surface area contributed by atoms with Crippen LogP contribution in [0, 0.1) is 17.8 Å². The maximum Gasteiger partial charge on any atom is 0.312 e. The van der Waals surface area contributed by atoms with E-state index in [-0.39, 0.29) is 30.0 Å². The van der Waals surface area contributed by atoms with Crippen LogP contribution in [0.4, 0.5) is 0 Å². The van der Waals surface area contributed by atoms with Gasteiger partial charge in [-0.3, -0.25) is 24.1 Å². The topological polar surface area (TPSA) is 101 Å². The third kappa shape index (κ3) is 4.77. The highest BCUT2D eigenvalue weighted by atomic mass is 16.6. The van der Waals surface area contributed by atoms with E-state index in [9.17, 15) is 24.3 Å². The van der Waals surface area contributed by atoms with E-state index >= 15 is 0 Å². The second kappa shape index (κ2) is 8.12. The summed E-state index contributed by atoms with van der Waals surface area (Å²) in [6, 6.07) is 6.39. The first-order valence-corrected chi connectivity index (χ1v) is 9.33. The maximum atomic E-state index is 12.8. The van der Waals surface area contributed by atoms with Crippen LogP contribution in [0.3, 0.4) is 0 Å². The van der Waals surface area contributed by atoms with Gasteiger partial charge in [0.25, 0.3) is 11.8 Å². The maximum absolute atomic E-state index is 12.8. The average Bonchev–Trinajstić information content (AvgIpc) is 2.80. The molecule has 1 heterocycles. The third-order valence-electron chi connectivity index (χ3n) is 4.50. The minimum Gasteiger partial charge on any atom is -0.481 e. The normalized spacial score (nSPS) is 16.1. The van der Waals surface area contributed by atoms with Crippen LogP contribution in [-0.4, -0.2) is 45.9 Å². The van der Waals surface area contributed by atoms with E-state index < -0.39 is 41.2 Å². The van der Waals surface area contributed by atoms with Crippen molar-refractivity contribution < 1.29 is 29.0 Å². The number of ether oxygens (including phenoxy) is 1. The molecule has 1 N–H and O–H groups in total. The molecule has 28 heavy (non-hydrogen) atoms. The molecule has 2 atom stereocenters. The number of amides is 2. The number of nitrogens with zero attached hydrogens (tertiary/aromatic N) is 1. The smallest absolute Gasteiger partial charge is 0.312 e. The van der Waals surface area contributed by atoms with Crippen molar-refractivity contribution in [3.63, 3.8) is 0 Å². The Balaban J connectivity index is 2.37. The molecule has 1 aromatic rings. The summed E-state index contributed by atoms with van der Waals surface area (Å²) in [7, 11) is 0. The van der Waals surface area contributed by atoms with Gasteiger partial charge in [-0.15, -0.1) is 0 Å². The van der Waals surface area contributed by atoms with Crippen molar-refractivity contribution in [3.05, 3.63) is 35.4 Å². The molecule has 0 aromatic heterocycles. The Morgan fingerprint density at radius 1 is 1.04 bits per heavy atom. The van der Waals surface area contributed by atoms with Crippen molar-refractivity contribution in [1.82, 2.24) is 4.90 Å². The van der Waals surface area contributed by atoms with Crippen LogP contribution < -0.4 is 0 Å². The zero-order chi connectivity index (χ0) is 21.2. The average molecular weight is 389 g/mol. The Labute approximate surface area is 164 Å². The second-order valence-corrected chi connectivity index (χ2v) is 8.48. The molecule has 0 fully saturated rings. The molecule has 7 heteroatoms. The number of fused-ring (bicyclic) bond motifs is 1. The van der Waals surface area contributed by atoms with E-state index in [1.54, 1.807) is 45.0 Å². The van der Waals surface area contributed by atoms with Gasteiger partial charge in [-0.2, -0.15) is 0 Å². The quantitative estimate of drug-likeness (QED) is 0.568. The predicted octanol–water partition coefficient (Wildman–Crippen LogP) is 2.99. The van der Waals surface area contributed by atoms with Gasteiger partial charge in [0.05, 0.1) is 23.0 Å². The van der Waals surface area contributed by atoms with Crippen LogP contribution in [0.1, 0.15) is 61.8 Å². The highest BCUT2D eigenvalue weighted by Crippen LogP contribution is 2.29. The first-order chi connectivity index (χ1) is 12.9. The fraction of sp³-hybridized carbons (Fsp3) is 0.524. The molecule has 2 unspecified atom stereocenters. The van der Waals surface area contributed by atoms with Gasteiger partial charge in [0.15, 0.2) is 0 Å². The number of hydrogen-bond acceptors (Lipinski definition) is 5. The van der Waals surface area contributed by atoms with Crippen molar-refractivity contribution in [1.29, 1.82) is 0 Å². The van der Waals surface area contributed by atoms with Gasteiger partial charge >= 0.3 is 11.9 Å². The van der Waals surface area contributed by atoms with Gasteiger partial charge < -0.3 is 9.84 Å². The number of esters is 1. The van der Waals surface area contributed by atoms with E-state index in [0.717, 1.165) is 4.90 Å². The first-order valence-electron chi connectivity index (χ1n) is 9.33. The number of carbonyl (C=O) groups excluding carboxylic acids is 3. The van der Waals surface area contributed by atoms with Crippen LogP contribution in [0.15, 0.2) is 24.3 Å². The Morgan fingerprint density at radius 3 is 1.93 bits per heavy atom. The largest absolute Gasteiger partial charge is 0.481 e.